The molecule has 1 atom stereocenters. The molecule has 1 heterocycles. The van der Waals surface area contributed by atoms with Crippen LogP contribution in [0, 0.1) is 19.8 Å². The molecule has 0 spiro atoms. The molecule has 1 N–H and O–H groups in total. The topological polar surface area (TPSA) is 66.5 Å². The van der Waals surface area contributed by atoms with Gasteiger partial charge in [0.05, 0.1) is 12.2 Å². The van der Waals surface area contributed by atoms with E-state index in [4.69, 9.17) is 0 Å². The van der Waals surface area contributed by atoms with Crippen LogP contribution in [0.5, 0.6) is 0 Å². The summed E-state index contributed by atoms with van der Waals surface area (Å²) in [5.74, 6) is -0.434. The number of hydrogen-bond donors (Lipinski definition) is 1. The maximum atomic E-state index is 12.5. The van der Waals surface area contributed by atoms with E-state index in [2.05, 4.69) is 37.4 Å². The lowest BCUT2D eigenvalue weighted by Crippen LogP contribution is -2.43. The number of hydrogen-bond acceptors (Lipinski definition) is 4. The van der Waals surface area contributed by atoms with E-state index < -0.39 is 10.0 Å². The molecule has 2 aromatic rings. The summed E-state index contributed by atoms with van der Waals surface area (Å²) in [6, 6.07) is 14.1. The molecule has 0 radical (unpaired) electrons. The quantitative estimate of drug-likeness (QED) is 0.795. The molecule has 2 aromatic carbocycles. The Balaban J connectivity index is 1.60. The molecule has 1 saturated heterocycles. The number of carbonyl (C=O) groups excluding carboxylic acids is 1. The highest BCUT2D eigenvalue weighted by atomic mass is 32.2. The van der Waals surface area contributed by atoms with Crippen molar-refractivity contribution in [1.29, 1.82) is 0 Å². The van der Waals surface area contributed by atoms with E-state index in [0.29, 0.717) is 19.4 Å². The summed E-state index contributed by atoms with van der Waals surface area (Å²) in [5.41, 5.74) is 3.27. The third-order valence-corrected chi connectivity index (χ3v) is 7.33. The molecule has 28 heavy (non-hydrogen) atoms. The SMILES string of the molecule is Cc1ccc(Sc2ccc(NC(=O)C3CCCN(S(C)(=O)=O)C3)cc2)cc1C. The number of amides is 1. The van der Waals surface area contributed by atoms with Gasteiger partial charge in [0.2, 0.25) is 15.9 Å². The third kappa shape index (κ3) is 5.37. The van der Waals surface area contributed by atoms with Crippen molar-refractivity contribution in [2.75, 3.05) is 24.7 Å². The molecule has 0 bridgehead atoms. The Labute approximate surface area is 171 Å². The summed E-state index contributed by atoms with van der Waals surface area (Å²) in [4.78, 5) is 14.8. The van der Waals surface area contributed by atoms with Crippen LogP contribution in [-0.4, -0.2) is 38.0 Å². The van der Waals surface area contributed by atoms with E-state index in [9.17, 15) is 13.2 Å². The fourth-order valence-electron chi connectivity index (χ4n) is 3.22. The molecule has 0 aliphatic carbocycles. The summed E-state index contributed by atoms with van der Waals surface area (Å²) in [5, 5.41) is 2.92. The number of nitrogens with one attached hydrogen (secondary N) is 1. The van der Waals surface area contributed by atoms with Crippen molar-refractivity contribution in [2.24, 2.45) is 5.92 Å². The number of piperidine rings is 1. The number of carbonyl (C=O) groups is 1. The Bertz CT molecular complexity index is 956. The van der Waals surface area contributed by atoms with Crippen molar-refractivity contribution in [3.8, 4) is 0 Å². The normalized spacial score (nSPS) is 18.0. The zero-order valence-electron chi connectivity index (χ0n) is 16.4. The molecule has 0 saturated carbocycles. The molecule has 1 fully saturated rings. The first-order valence-corrected chi connectivity index (χ1v) is 12.0. The van der Waals surface area contributed by atoms with Crippen molar-refractivity contribution in [3.05, 3.63) is 53.6 Å². The van der Waals surface area contributed by atoms with Crippen molar-refractivity contribution in [1.82, 2.24) is 4.31 Å². The average Bonchev–Trinajstić information content (AvgIpc) is 2.66. The van der Waals surface area contributed by atoms with Crippen molar-refractivity contribution >= 4 is 33.4 Å². The van der Waals surface area contributed by atoms with Gasteiger partial charge in [-0.3, -0.25) is 4.79 Å². The monoisotopic (exact) mass is 418 g/mol. The zero-order valence-corrected chi connectivity index (χ0v) is 18.1. The van der Waals surface area contributed by atoms with Gasteiger partial charge in [-0.05, 0) is 74.2 Å². The highest BCUT2D eigenvalue weighted by Gasteiger charge is 2.30. The largest absolute Gasteiger partial charge is 0.326 e. The Morgan fingerprint density at radius 2 is 1.75 bits per heavy atom. The van der Waals surface area contributed by atoms with Crippen LogP contribution >= 0.6 is 11.8 Å². The highest BCUT2D eigenvalue weighted by Crippen LogP contribution is 2.30. The minimum absolute atomic E-state index is 0.122. The number of nitrogens with zero attached hydrogens (tertiary/aromatic N) is 1. The lowest BCUT2D eigenvalue weighted by Gasteiger charge is -2.30. The van der Waals surface area contributed by atoms with E-state index >= 15 is 0 Å². The Morgan fingerprint density at radius 3 is 2.39 bits per heavy atom. The van der Waals surface area contributed by atoms with Crippen LogP contribution < -0.4 is 5.32 Å². The van der Waals surface area contributed by atoms with Gasteiger partial charge in [0.1, 0.15) is 0 Å². The number of anilines is 1. The fraction of sp³-hybridized carbons (Fsp3) is 0.381. The van der Waals surface area contributed by atoms with Gasteiger partial charge in [-0.25, -0.2) is 12.7 Å². The van der Waals surface area contributed by atoms with Crippen LogP contribution in [0.4, 0.5) is 5.69 Å². The van der Waals surface area contributed by atoms with Gasteiger partial charge in [-0.1, -0.05) is 17.8 Å². The summed E-state index contributed by atoms with van der Waals surface area (Å²) < 4.78 is 24.9. The molecule has 3 rings (SSSR count). The van der Waals surface area contributed by atoms with Crippen molar-refractivity contribution < 1.29 is 13.2 Å². The Hall–Kier alpha value is -1.83. The summed E-state index contributed by atoms with van der Waals surface area (Å²) in [6.07, 6.45) is 2.61. The van der Waals surface area contributed by atoms with E-state index in [1.54, 1.807) is 11.8 Å². The van der Waals surface area contributed by atoms with Crippen molar-refractivity contribution in [3.63, 3.8) is 0 Å². The van der Waals surface area contributed by atoms with Gasteiger partial charge in [-0.15, -0.1) is 0 Å². The zero-order chi connectivity index (χ0) is 20.3. The van der Waals surface area contributed by atoms with E-state index in [-0.39, 0.29) is 18.4 Å². The summed E-state index contributed by atoms with van der Waals surface area (Å²) in [7, 11) is -3.26. The second kappa shape index (κ2) is 8.68. The highest BCUT2D eigenvalue weighted by molar-refractivity contribution is 7.99. The Morgan fingerprint density at radius 1 is 1.07 bits per heavy atom. The first-order valence-electron chi connectivity index (χ1n) is 9.33. The van der Waals surface area contributed by atoms with E-state index in [0.717, 1.165) is 10.6 Å². The number of aryl methyl sites for hydroxylation is 2. The predicted octanol–water partition coefficient (Wildman–Crippen LogP) is 4.06. The standard InChI is InChI=1S/C21H26N2O3S2/c1-15-6-9-20(13-16(15)2)27-19-10-7-18(8-11-19)22-21(24)17-5-4-12-23(14-17)28(3,25)26/h6-11,13,17H,4-5,12,14H2,1-3H3,(H,22,24). The van der Waals surface area contributed by atoms with Gasteiger partial charge < -0.3 is 5.32 Å². The van der Waals surface area contributed by atoms with Gasteiger partial charge in [0.25, 0.3) is 0 Å². The maximum Gasteiger partial charge on any atom is 0.228 e. The molecule has 7 heteroatoms. The molecule has 5 nitrogen and oxygen atoms in total. The first-order chi connectivity index (χ1) is 13.2. The maximum absolute atomic E-state index is 12.5. The van der Waals surface area contributed by atoms with Crippen molar-refractivity contribution in [2.45, 2.75) is 36.5 Å². The van der Waals surface area contributed by atoms with Crippen LogP contribution in [0.15, 0.2) is 52.3 Å². The lowest BCUT2D eigenvalue weighted by atomic mass is 9.99. The molecular weight excluding hydrogens is 392 g/mol. The molecular formula is C21H26N2O3S2. The second-order valence-electron chi connectivity index (χ2n) is 7.32. The minimum Gasteiger partial charge on any atom is -0.326 e. The number of sulfonamides is 1. The van der Waals surface area contributed by atoms with Gasteiger partial charge in [0, 0.05) is 28.6 Å². The molecule has 150 valence electrons. The smallest absolute Gasteiger partial charge is 0.228 e. The summed E-state index contributed by atoms with van der Waals surface area (Å²) in [6.45, 7) is 4.95. The van der Waals surface area contributed by atoms with Crippen LogP contribution in [0.2, 0.25) is 0 Å². The first kappa shape index (κ1) is 20.9. The van der Waals surface area contributed by atoms with Gasteiger partial charge in [-0.2, -0.15) is 0 Å². The number of benzene rings is 2. The Kier molecular flexibility index (Phi) is 6.47. The predicted molar refractivity (Wildman–Crippen MR) is 114 cm³/mol. The van der Waals surface area contributed by atoms with Gasteiger partial charge >= 0.3 is 0 Å². The molecule has 1 aliphatic rings. The lowest BCUT2D eigenvalue weighted by molar-refractivity contribution is -0.120. The van der Waals surface area contributed by atoms with Crippen LogP contribution in [0.1, 0.15) is 24.0 Å². The molecule has 1 aliphatic heterocycles. The van der Waals surface area contributed by atoms with Crippen LogP contribution in [0.3, 0.4) is 0 Å². The second-order valence-corrected chi connectivity index (χ2v) is 10.5. The summed E-state index contributed by atoms with van der Waals surface area (Å²) >= 11 is 1.68. The molecule has 1 amide bonds. The average molecular weight is 419 g/mol. The van der Waals surface area contributed by atoms with Crippen LogP contribution in [-0.2, 0) is 14.8 Å². The fourth-order valence-corrected chi connectivity index (χ4v) is 5.05. The third-order valence-electron chi connectivity index (χ3n) is 5.06. The minimum atomic E-state index is -3.26. The molecule has 1 unspecified atom stereocenters. The molecule has 0 aromatic heterocycles. The van der Waals surface area contributed by atoms with Crippen LogP contribution in [0.25, 0.3) is 0 Å². The van der Waals surface area contributed by atoms with Gasteiger partial charge in [0.15, 0.2) is 0 Å². The number of rotatable bonds is 5. The van der Waals surface area contributed by atoms with E-state index in [1.807, 2.05) is 24.3 Å². The van der Waals surface area contributed by atoms with E-state index in [1.165, 1.54) is 26.6 Å².